The zero-order valence-corrected chi connectivity index (χ0v) is 11.4. The summed E-state index contributed by atoms with van der Waals surface area (Å²) < 4.78 is 5.72. The highest BCUT2D eigenvalue weighted by molar-refractivity contribution is 5.97. The van der Waals surface area contributed by atoms with Gasteiger partial charge in [-0.2, -0.15) is 0 Å². The van der Waals surface area contributed by atoms with Crippen molar-refractivity contribution in [3.8, 4) is 0 Å². The Labute approximate surface area is 109 Å². The normalized spacial score (nSPS) is 17.4. The summed E-state index contributed by atoms with van der Waals surface area (Å²) in [5.74, 6) is 0.747. The van der Waals surface area contributed by atoms with Gasteiger partial charge in [-0.3, -0.25) is 0 Å². The zero-order chi connectivity index (χ0) is 13.2. The van der Waals surface area contributed by atoms with Crippen molar-refractivity contribution in [3.63, 3.8) is 0 Å². The Kier molecular flexibility index (Phi) is 3.71. The molecule has 1 heterocycles. The van der Waals surface area contributed by atoms with Gasteiger partial charge in [-0.25, -0.2) is 4.99 Å². The Morgan fingerprint density at radius 2 is 2.17 bits per heavy atom. The third-order valence-corrected chi connectivity index (χ3v) is 3.07. The Balaban J connectivity index is 2.33. The number of aryl methyl sites for hydroxylation is 2. The fraction of sp³-hybridized carbons (Fsp3) is 0.533. The van der Waals surface area contributed by atoms with Gasteiger partial charge in [0.2, 0.25) is 5.90 Å². The van der Waals surface area contributed by atoms with Crippen LogP contribution < -0.4 is 0 Å². The van der Waals surface area contributed by atoms with Crippen LogP contribution in [0.25, 0.3) is 0 Å². The van der Waals surface area contributed by atoms with Gasteiger partial charge < -0.3 is 9.84 Å². The summed E-state index contributed by atoms with van der Waals surface area (Å²) in [5.41, 5.74) is 3.35. The molecule has 0 bridgehead atoms. The Morgan fingerprint density at radius 1 is 1.39 bits per heavy atom. The molecule has 0 unspecified atom stereocenters. The molecule has 1 aliphatic heterocycles. The Bertz CT molecular complexity index is 464. The van der Waals surface area contributed by atoms with E-state index in [4.69, 9.17) is 9.84 Å². The molecular weight excluding hydrogens is 226 g/mol. The fourth-order valence-electron chi connectivity index (χ4n) is 2.10. The molecule has 3 nitrogen and oxygen atoms in total. The predicted molar refractivity (Wildman–Crippen MR) is 73.2 cm³/mol. The molecule has 1 aliphatic rings. The second-order valence-electron chi connectivity index (χ2n) is 5.51. The van der Waals surface area contributed by atoms with Crippen LogP contribution in [0.4, 0.5) is 0 Å². The van der Waals surface area contributed by atoms with Crippen LogP contribution in [0.15, 0.2) is 23.2 Å². The molecule has 0 atom stereocenters. The lowest BCUT2D eigenvalue weighted by Gasteiger charge is -2.09. The molecule has 1 N–H and O–H groups in total. The first-order valence-corrected chi connectivity index (χ1v) is 6.45. The third-order valence-electron chi connectivity index (χ3n) is 3.07. The zero-order valence-electron chi connectivity index (χ0n) is 11.4. The van der Waals surface area contributed by atoms with E-state index in [1.165, 1.54) is 11.1 Å². The summed E-state index contributed by atoms with van der Waals surface area (Å²) >= 11 is 0. The van der Waals surface area contributed by atoms with E-state index in [2.05, 4.69) is 44.0 Å². The first-order chi connectivity index (χ1) is 8.52. The van der Waals surface area contributed by atoms with Crippen molar-refractivity contribution in [1.29, 1.82) is 0 Å². The lowest BCUT2D eigenvalue weighted by Crippen LogP contribution is -2.17. The highest BCUT2D eigenvalue weighted by Crippen LogP contribution is 2.24. The van der Waals surface area contributed by atoms with Crippen LogP contribution in [-0.4, -0.2) is 29.8 Å². The van der Waals surface area contributed by atoms with Gasteiger partial charge in [0.25, 0.3) is 0 Å². The highest BCUT2D eigenvalue weighted by Gasteiger charge is 2.28. The number of rotatable bonds is 4. The molecule has 3 heteroatoms. The van der Waals surface area contributed by atoms with Crippen molar-refractivity contribution in [2.45, 2.75) is 39.2 Å². The SMILES string of the molecule is Cc1ccc(CCCO)c(C2=NC(C)(C)CO2)c1. The summed E-state index contributed by atoms with van der Waals surface area (Å²) in [6, 6.07) is 6.32. The van der Waals surface area contributed by atoms with Crippen LogP contribution in [0, 0.1) is 6.92 Å². The van der Waals surface area contributed by atoms with Crippen molar-refractivity contribution >= 4 is 5.90 Å². The van der Waals surface area contributed by atoms with Crippen molar-refractivity contribution in [1.82, 2.24) is 0 Å². The minimum absolute atomic E-state index is 0.132. The smallest absolute Gasteiger partial charge is 0.217 e. The largest absolute Gasteiger partial charge is 0.475 e. The molecule has 0 aromatic heterocycles. The number of aliphatic hydroxyl groups excluding tert-OH is 1. The molecule has 1 aromatic rings. The maximum Gasteiger partial charge on any atom is 0.217 e. The summed E-state index contributed by atoms with van der Waals surface area (Å²) in [5, 5.41) is 8.96. The van der Waals surface area contributed by atoms with Crippen LogP contribution in [0.3, 0.4) is 0 Å². The first kappa shape index (κ1) is 13.1. The Morgan fingerprint density at radius 3 is 2.78 bits per heavy atom. The van der Waals surface area contributed by atoms with Crippen LogP contribution in [0.1, 0.15) is 37.0 Å². The molecule has 18 heavy (non-hydrogen) atoms. The molecule has 0 fully saturated rings. The minimum atomic E-state index is -0.132. The van der Waals surface area contributed by atoms with Gasteiger partial charge in [0.15, 0.2) is 0 Å². The summed E-state index contributed by atoms with van der Waals surface area (Å²) in [6.07, 6.45) is 1.63. The van der Waals surface area contributed by atoms with Gasteiger partial charge in [-0.05, 0) is 45.2 Å². The van der Waals surface area contributed by atoms with Crippen molar-refractivity contribution in [3.05, 3.63) is 34.9 Å². The predicted octanol–water partition coefficient (Wildman–Crippen LogP) is 2.48. The number of hydrogen-bond acceptors (Lipinski definition) is 3. The summed E-state index contributed by atoms with van der Waals surface area (Å²) in [4.78, 5) is 4.63. The maximum absolute atomic E-state index is 8.96. The van der Waals surface area contributed by atoms with E-state index in [1.807, 2.05) is 0 Å². The Hall–Kier alpha value is -1.35. The molecule has 0 saturated heterocycles. The molecule has 1 aromatic carbocycles. The van der Waals surface area contributed by atoms with Crippen molar-refractivity contribution in [2.75, 3.05) is 13.2 Å². The maximum atomic E-state index is 8.96. The van der Waals surface area contributed by atoms with Gasteiger partial charge in [-0.15, -0.1) is 0 Å². The highest BCUT2D eigenvalue weighted by atomic mass is 16.5. The second kappa shape index (κ2) is 5.11. The average molecular weight is 247 g/mol. The lowest BCUT2D eigenvalue weighted by molar-refractivity contribution is 0.279. The molecule has 0 saturated carbocycles. The first-order valence-electron chi connectivity index (χ1n) is 6.45. The van der Waals surface area contributed by atoms with Crippen LogP contribution in [0.2, 0.25) is 0 Å². The number of hydrogen-bond donors (Lipinski definition) is 1. The summed E-state index contributed by atoms with van der Waals surface area (Å²) in [7, 11) is 0. The standard InChI is InChI=1S/C15H21NO2/c1-11-6-7-12(5-4-8-17)13(9-11)14-16-15(2,3)10-18-14/h6-7,9,17H,4-5,8,10H2,1-3H3. The number of aliphatic imine (C=N–C) groups is 1. The van der Waals surface area contributed by atoms with E-state index in [0.29, 0.717) is 6.61 Å². The van der Waals surface area contributed by atoms with E-state index in [0.717, 1.165) is 24.3 Å². The lowest BCUT2D eigenvalue weighted by atomic mass is 10.0. The van der Waals surface area contributed by atoms with E-state index >= 15 is 0 Å². The molecule has 0 spiro atoms. The van der Waals surface area contributed by atoms with Gasteiger partial charge in [0, 0.05) is 12.2 Å². The third kappa shape index (κ3) is 2.91. The second-order valence-corrected chi connectivity index (χ2v) is 5.51. The van der Waals surface area contributed by atoms with Gasteiger partial charge in [0.1, 0.15) is 6.61 Å². The quantitative estimate of drug-likeness (QED) is 0.888. The van der Waals surface area contributed by atoms with Crippen molar-refractivity contribution < 1.29 is 9.84 Å². The fourth-order valence-corrected chi connectivity index (χ4v) is 2.10. The molecule has 98 valence electrons. The van der Waals surface area contributed by atoms with Gasteiger partial charge in [0.05, 0.1) is 5.54 Å². The molecule has 0 radical (unpaired) electrons. The monoisotopic (exact) mass is 247 g/mol. The van der Waals surface area contributed by atoms with Crippen LogP contribution in [0.5, 0.6) is 0 Å². The summed E-state index contributed by atoms with van der Waals surface area (Å²) in [6.45, 7) is 7.06. The minimum Gasteiger partial charge on any atom is -0.475 e. The van der Waals surface area contributed by atoms with E-state index in [-0.39, 0.29) is 12.1 Å². The number of nitrogens with zero attached hydrogens (tertiary/aromatic N) is 1. The van der Waals surface area contributed by atoms with E-state index < -0.39 is 0 Å². The molecular formula is C15H21NO2. The molecule has 0 aliphatic carbocycles. The van der Waals surface area contributed by atoms with Gasteiger partial charge >= 0.3 is 0 Å². The number of benzene rings is 1. The van der Waals surface area contributed by atoms with Crippen molar-refractivity contribution in [2.24, 2.45) is 4.99 Å². The van der Waals surface area contributed by atoms with Crippen LogP contribution >= 0.6 is 0 Å². The van der Waals surface area contributed by atoms with Crippen LogP contribution in [-0.2, 0) is 11.2 Å². The van der Waals surface area contributed by atoms with E-state index in [9.17, 15) is 0 Å². The molecule has 0 amide bonds. The van der Waals surface area contributed by atoms with Gasteiger partial charge in [-0.1, -0.05) is 17.7 Å². The van der Waals surface area contributed by atoms with E-state index in [1.54, 1.807) is 0 Å². The average Bonchev–Trinajstić information content (AvgIpc) is 2.68. The molecule has 2 rings (SSSR count). The topological polar surface area (TPSA) is 41.8 Å². The number of aliphatic hydroxyl groups is 1. The number of ether oxygens (including phenoxy) is 1.